The maximum absolute atomic E-state index is 13.7. The molecule has 2 aromatic carbocycles. The van der Waals surface area contributed by atoms with Crippen LogP contribution in [0.3, 0.4) is 0 Å². The zero-order chi connectivity index (χ0) is 19.8. The van der Waals surface area contributed by atoms with Crippen molar-refractivity contribution < 1.29 is 18.8 Å². The van der Waals surface area contributed by atoms with Gasteiger partial charge in [-0.2, -0.15) is 0 Å². The molecule has 1 N–H and O–H groups in total. The highest BCUT2D eigenvalue weighted by Crippen LogP contribution is 2.44. The summed E-state index contributed by atoms with van der Waals surface area (Å²) >= 11 is 0. The van der Waals surface area contributed by atoms with E-state index in [-0.39, 0.29) is 11.4 Å². The number of cyclic esters (lactones) is 1. The molecule has 1 heterocycles. The van der Waals surface area contributed by atoms with Gasteiger partial charge in [-0.3, -0.25) is 15.0 Å². The molecule has 0 bridgehead atoms. The molecule has 1 aliphatic heterocycles. The molecule has 0 fully saturated rings. The van der Waals surface area contributed by atoms with Gasteiger partial charge in [0.25, 0.3) is 5.69 Å². The monoisotopic (exact) mass is 373 g/mol. The number of hydrogen-bond donors (Lipinski definition) is 1. The number of ether oxygens (including phenoxy) is 1. The van der Waals surface area contributed by atoms with Crippen LogP contribution < -0.4 is 10.2 Å². The topological polar surface area (TPSA) is 84.7 Å². The van der Waals surface area contributed by atoms with E-state index in [1.807, 2.05) is 19.9 Å². The summed E-state index contributed by atoms with van der Waals surface area (Å²) in [4.78, 5) is 23.9. The first-order chi connectivity index (χ1) is 12.8. The molecule has 1 amide bonds. The van der Waals surface area contributed by atoms with Crippen LogP contribution in [0.25, 0.3) is 0 Å². The molecule has 0 saturated heterocycles. The minimum Gasteiger partial charge on any atom is -0.438 e. The van der Waals surface area contributed by atoms with E-state index in [4.69, 9.17) is 4.74 Å². The highest BCUT2D eigenvalue weighted by atomic mass is 19.1. The Bertz CT molecular complexity index is 912. The molecule has 1 aliphatic rings. The van der Waals surface area contributed by atoms with Gasteiger partial charge in [0, 0.05) is 30.1 Å². The number of nitrogens with zero attached hydrogens (tertiary/aromatic N) is 2. The number of anilines is 3. The first-order valence-corrected chi connectivity index (χ1v) is 8.63. The van der Waals surface area contributed by atoms with Gasteiger partial charge < -0.3 is 10.1 Å². The summed E-state index contributed by atoms with van der Waals surface area (Å²) in [6.07, 6.45) is 0.795. The molecule has 142 valence electrons. The van der Waals surface area contributed by atoms with Gasteiger partial charge in [0.05, 0.1) is 16.7 Å². The highest BCUT2D eigenvalue weighted by Gasteiger charge is 2.41. The fourth-order valence-electron chi connectivity index (χ4n) is 3.35. The normalized spacial score (nSPS) is 15.1. The van der Waals surface area contributed by atoms with Gasteiger partial charge in [-0.15, -0.1) is 0 Å². The number of carbonyl (C=O) groups is 1. The second-order valence-corrected chi connectivity index (χ2v) is 6.44. The molecule has 0 unspecified atom stereocenters. The molecule has 0 aliphatic carbocycles. The van der Waals surface area contributed by atoms with Crippen LogP contribution in [0.2, 0.25) is 0 Å². The summed E-state index contributed by atoms with van der Waals surface area (Å²) in [6.45, 7) is 3.89. The van der Waals surface area contributed by atoms with Crippen LogP contribution >= 0.6 is 0 Å². The average Bonchev–Trinajstić information content (AvgIpc) is 2.64. The molecular weight excluding hydrogens is 353 g/mol. The van der Waals surface area contributed by atoms with Gasteiger partial charge >= 0.3 is 6.09 Å². The predicted octanol–water partition coefficient (Wildman–Crippen LogP) is 5.08. The lowest BCUT2D eigenvalue weighted by molar-refractivity contribution is -0.385. The Morgan fingerprint density at radius 3 is 2.52 bits per heavy atom. The highest BCUT2D eigenvalue weighted by molar-refractivity contribution is 5.91. The molecule has 0 aromatic heterocycles. The van der Waals surface area contributed by atoms with Crippen molar-refractivity contribution in [3.8, 4) is 0 Å². The quantitative estimate of drug-likeness (QED) is 0.584. The van der Waals surface area contributed by atoms with Crippen molar-refractivity contribution in [3.63, 3.8) is 0 Å². The molecule has 7 nitrogen and oxygen atoms in total. The Morgan fingerprint density at radius 2 is 1.89 bits per heavy atom. The third kappa shape index (κ3) is 3.30. The smallest absolute Gasteiger partial charge is 0.414 e. The van der Waals surface area contributed by atoms with E-state index in [0.717, 1.165) is 17.3 Å². The van der Waals surface area contributed by atoms with Gasteiger partial charge in [0.15, 0.2) is 0 Å². The van der Waals surface area contributed by atoms with Crippen molar-refractivity contribution in [2.24, 2.45) is 0 Å². The van der Waals surface area contributed by atoms with Gasteiger partial charge in [0.2, 0.25) is 0 Å². The number of fused-ring (bicyclic) bond motifs is 1. The maximum Gasteiger partial charge on any atom is 0.414 e. The van der Waals surface area contributed by atoms with Gasteiger partial charge in [-0.1, -0.05) is 13.8 Å². The molecule has 0 spiro atoms. The Kier molecular flexibility index (Phi) is 4.73. The second kappa shape index (κ2) is 6.86. The third-order valence-electron chi connectivity index (χ3n) is 4.93. The summed E-state index contributed by atoms with van der Waals surface area (Å²) in [5, 5.41) is 13.9. The molecule has 8 heteroatoms. The summed E-state index contributed by atoms with van der Waals surface area (Å²) < 4.78 is 19.4. The Morgan fingerprint density at radius 1 is 1.19 bits per heavy atom. The van der Waals surface area contributed by atoms with Crippen LogP contribution in [-0.2, 0) is 10.3 Å². The number of nitrogens with one attached hydrogen (secondary N) is 1. The van der Waals surface area contributed by atoms with Crippen molar-refractivity contribution >= 4 is 28.8 Å². The van der Waals surface area contributed by atoms with Crippen molar-refractivity contribution in [2.45, 2.75) is 32.3 Å². The van der Waals surface area contributed by atoms with E-state index in [9.17, 15) is 19.3 Å². The molecule has 27 heavy (non-hydrogen) atoms. The lowest BCUT2D eigenvalue weighted by Crippen LogP contribution is -2.43. The second-order valence-electron chi connectivity index (χ2n) is 6.44. The van der Waals surface area contributed by atoms with Crippen molar-refractivity contribution in [1.29, 1.82) is 0 Å². The first kappa shape index (κ1) is 18.6. The Hall–Kier alpha value is -3.16. The van der Waals surface area contributed by atoms with E-state index in [0.29, 0.717) is 18.5 Å². The van der Waals surface area contributed by atoms with Crippen LogP contribution in [0, 0.1) is 15.9 Å². The lowest BCUT2D eigenvalue weighted by atomic mass is 9.85. The van der Waals surface area contributed by atoms with Gasteiger partial charge in [-0.25, -0.2) is 9.18 Å². The number of rotatable bonds is 5. The third-order valence-corrected chi connectivity index (χ3v) is 4.93. The van der Waals surface area contributed by atoms with Crippen LogP contribution in [0.5, 0.6) is 0 Å². The van der Waals surface area contributed by atoms with Gasteiger partial charge in [-0.05, 0) is 37.1 Å². The number of nitro groups is 1. The van der Waals surface area contributed by atoms with Crippen LogP contribution in [0.1, 0.15) is 32.3 Å². The number of halogens is 1. The van der Waals surface area contributed by atoms with Crippen LogP contribution in [-0.4, -0.2) is 18.1 Å². The number of carbonyl (C=O) groups excluding carboxylic acids is 1. The largest absolute Gasteiger partial charge is 0.438 e. The van der Waals surface area contributed by atoms with E-state index in [2.05, 4.69) is 5.32 Å². The van der Waals surface area contributed by atoms with E-state index >= 15 is 0 Å². The molecule has 2 aromatic rings. The fraction of sp³-hybridized carbons (Fsp3) is 0.316. The van der Waals surface area contributed by atoms with E-state index in [1.54, 1.807) is 19.2 Å². The standard InChI is InChI=1S/C19H20FN3O4/c1-4-19(5-2)16-11-13(6-7-17(16)22(3)18(24)27-19)21-14-8-12(20)9-15(10-14)23(25)26/h6-11,21H,4-5H2,1-3H3. The molecular formula is C19H20FN3O4. The number of hydrogen-bond acceptors (Lipinski definition) is 5. The van der Waals surface area contributed by atoms with Crippen molar-refractivity contribution in [2.75, 3.05) is 17.3 Å². The summed E-state index contributed by atoms with van der Waals surface area (Å²) in [7, 11) is 1.64. The summed E-state index contributed by atoms with van der Waals surface area (Å²) in [5.41, 5.74) is 1.38. The number of nitro benzene ring substituents is 1. The summed E-state index contributed by atoms with van der Waals surface area (Å²) in [5.74, 6) is -0.699. The summed E-state index contributed by atoms with van der Waals surface area (Å²) in [6, 6.07) is 8.67. The minimum atomic E-state index is -0.745. The van der Waals surface area contributed by atoms with Crippen molar-refractivity contribution in [1.82, 2.24) is 0 Å². The minimum absolute atomic E-state index is 0.265. The zero-order valence-corrected chi connectivity index (χ0v) is 15.3. The maximum atomic E-state index is 13.7. The number of amides is 1. The number of non-ortho nitro benzene ring substituents is 1. The van der Waals surface area contributed by atoms with Crippen LogP contribution in [0.15, 0.2) is 36.4 Å². The molecule has 0 saturated carbocycles. The van der Waals surface area contributed by atoms with E-state index < -0.39 is 22.4 Å². The SMILES string of the molecule is CCC1(CC)OC(=O)N(C)c2ccc(Nc3cc(F)cc([N+](=O)[O-])c3)cc21. The molecule has 0 atom stereocenters. The Balaban J connectivity index is 2.03. The molecule has 0 radical (unpaired) electrons. The molecule has 3 rings (SSSR count). The first-order valence-electron chi connectivity index (χ1n) is 8.63. The number of benzene rings is 2. The predicted molar refractivity (Wildman–Crippen MR) is 99.9 cm³/mol. The van der Waals surface area contributed by atoms with Gasteiger partial charge in [0.1, 0.15) is 11.4 Å². The average molecular weight is 373 g/mol. The zero-order valence-electron chi connectivity index (χ0n) is 15.3. The van der Waals surface area contributed by atoms with Crippen molar-refractivity contribution in [3.05, 3.63) is 57.9 Å². The van der Waals surface area contributed by atoms with Crippen LogP contribution in [0.4, 0.5) is 31.9 Å². The Labute approximate surface area is 155 Å². The lowest BCUT2D eigenvalue weighted by Gasteiger charge is -2.40. The van der Waals surface area contributed by atoms with E-state index in [1.165, 1.54) is 17.0 Å². The fourth-order valence-corrected chi connectivity index (χ4v) is 3.35.